The molecule has 0 atom stereocenters. The monoisotopic (exact) mass is 268 g/mol. The Morgan fingerprint density at radius 2 is 2.00 bits per heavy atom. The molecule has 0 radical (unpaired) electrons. The summed E-state index contributed by atoms with van der Waals surface area (Å²) in [5.41, 5.74) is 6.83. The Bertz CT molecular complexity index is 564. The van der Waals surface area contributed by atoms with Gasteiger partial charge in [-0.05, 0) is 51.3 Å². The molecule has 0 saturated carbocycles. The molecule has 100 valence electrons. The van der Waals surface area contributed by atoms with E-state index in [0.29, 0.717) is 12.2 Å². The number of rotatable bonds is 2. The van der Waals surface area contributed by atoms with Crippen molar-refractivity contribution in [1.29, 1.82) is 0 Å². The van der Waals surface area contributed by atoms with E-state index < -0.39 is 10.0 Å². The number of anilines is 1. The maximum absolute atomic E-state index is 12.6. The molecule has 0 spiro atoms. The van der Waals surface area contributed by atoms with E-state index in [1.165, 1.54) is 0 Å². The summed E-state index contributed by atoms with van der Waals surface area (Å²) in [6.07, 6.45) is 1.79. The van der Waals surface area contributed by atoms with Crippen molar-refractivity contribution >= 4 is 15.7 Å². The summed E-state index contributed by atoms with van der Waals surface area (Å²) in [4.78, 5) is 0.225. The average Bonchev–Trinajstić information content (AvgIpc) is 2.58. The molecule has 1 aliphatic rings. The van der Waals surface area contributed by atoms with Crippen molar-refractivity contribution in [3.8, 4) is 0 Å². The molecule has 4 nitrogen and oxygen atoms in total. The minimum atomic E-state index is -3.49. The Kier molecular flexibility index (Phi) is 3.15. The van der Waals surface area contributed by atoms with E-state index in [0.717, 1.165) is 18.4 Å². The molecule has 0 amide bonds. The Morgan fingerprint density at radius 1 is 1.33 bits per heavy atom. The zero-order valence-electron chi connectivity index (χ0n) is 11.1. The number of hydrogen-bond donors (Lipinski definition) is 1. The van der Waals surface area contributed by atoms with Gasteiger partial charge in [-0.3, -0.25) is 0 Å². The smallest absolute Gasteiger partial charge is 0.245 e. The maximum atomic E-state index is 12.6. The number of nitrogens with two attached hydrogens (primary N) is 1. The lowest BCUT2D eigenvalue weighted by atomic mass is 10.0. The van der Waals surface area contributed by atoms with Crippen LogP contribution in [-0.2, 0) is 10.0 Å². The highest BCUT2D eigenvalue weighted by molar-refractivity contribution is 7.89. The normalized spacial score (nSPS) is 20.2. The largest absolute Gasteiger partial charge is 0.398 e. The fourth-order valence-electron chi connectivity index (χ4n) is 2.55. The maximum Gasteiger partial charge on any atom is 0.245 e. The van der Waals surface area contributed by atoms with Crippen LogP contribution in [-0.4, -0.2) is 24.8 Å². The summed E-state index contributed by atoms with van der Waals surface area (Å²) >= 11 is 0. The van der Waals surface area contributed by atoms with Crippen LogP contribution in [0.3, 0.4) is 0 Å². The van der Waals surface area contributed by atoms with Crippen LogP contribution < -0.4 is 5.73 Å². The van der Waals surface area contributed by atoms with Gasteiger partial charge in [0.1, 0.15) is 4.90 Å². The number of benzene rings is 1. The van der Waals surface area contributed by atoms with Crippen molar-refractivity contribution in [3.05, 3.63) is 23.8 Å². The van der Waals surface area contributed by atoms with Gasteiger partial charge >= 0.3 is 0 Å². The van der Waals surface area contributed by atoms with Crippen LogP contribution in [0.5, 0.6) is 0 Å². The average molecular weight is 268 g/mol. The molecular formula is C13H20N2O2S. The number of sulfonamides is 1. The minimum absolute atomic E-state index is 0.225. The zero-order valence-corrected chi connectivity index (χ0v) is 11.9. The summed E-state index contributed by atoms with van der Waals surface area (Å²) in [6, 6.07) is 5.09. The molecule has 0 aliphatic carbocycles. The lowest BCUT2D eigenvalue weighted by molar-refractivity contribution is 0.292. The highest BCUT2D eigenvalue weighted by Crippen LogP contribution is 2.35. The quantitative estimate of drug-likeness (QED) is 0.836. The molecule has 1 heterocycles. The summed E-state index contributed by atoms with van der Waals surface area (Å²) in [5, 5.41) is 0. The van der Waals surface area contributed by atoms with Gasteiger partial charge in [0.25, 0.3) is 0 Å². The fraction of sp³-hybridized carbons (Fsp3) is 0.538. The number of hydrogen-bond acceptors (Lipinski definition) is 3. The standard InChI is InChI=1S/C13H20N2O2S/c1-10-5-6-12(11(14)9-10)18(16,17)15-8-4-7-13(15,2)3/h5-6,9H,4,7-8,14H2,1-3H3. The summed E-state index contributed by atoms with van der Waals surface area (Å²) in [6.45, 7) is 6.39. The van der Waals surface area contributed by atoms with Crippen molar-refractivity contribution in [1.82, 2.24) is 4.31 Å². The van der Waals surface area contributed by atoms with Gasteiger partial charge in [0.15, 0.2) is 0 Å². The van der Waals surface area contributed by atoms with Crippen molar-refractivity contribution in [2.75, 3.05) is 12.3 Å². The van der Waals surface area contributed by atoms with Crippen LogP contribution >= 0.6 is 0 Å². The molecule has 0 unspecified atom stereocenters. The Labute approximate surface area is 109 Å². The van der Waals surface area contributed by atoms with Crippen molar-refractivity contribution in [3.63, 3.8) is 0 Å². The lowest BCUT2D eigenvalue weighted by Gasteiger charge is -2.30. The van der Waals surface area contributed by atoms with Crippen molar-refractivity contribution < 1.29 is 8.42 Å². The number of nitrogen functional groups attached to an aromatic ring is 1. The Hall–Kier alpha value is -1.07. The molecular weight excluding hydrogens is 248 g/mol. The molecule has 0 aromatic heterocycles. The SMILES string of the molecule is Cc1ccc(S(=O)(=O)N2CCCC2(C)C)c(N)c1. The Morgan fingerprint density at radius 3 is 2.50 bits per heavy atom. The van der Waals surface area contributed by atoms with Crippen LogP contribution in [0, 0.1) is 6.92 Å². The van der Waals surface area contributed by atoms with Crippen LogP contribution in [0.1, 0.15) is 32.3 Å². The highest BCUT2D eigenvalue weighted by atomic mass is 32.2. The zero-order chi connectivity index (χ0) is 13.6. The van der Waals surface area contributed by atoms with E-state index in [2.05, 4.69) is 0 Å². The van der Waals surface area contributed by atoms with Gasteiger partial charge < -0.3 is 5.73 Å². The van der Waals surface area contributed by atoms with Crippen LogP contribution in [0.15, 0.2) is 23.1 Å². The molecule has 1 aromatic carbocycles. The van der Waals surface area contributed by atoms with E-state index in [1.54, 1.807) is 22.5 Å². The van der Waals surface area contributed by atoms with E-state index in [1.807, 2.05) is 20.8 Å². The van der Waals surface area contributed by atoms with E-state index in [9.17, 15) is 8.42 Å². The third-order valence-corrected chi connectivity index (χ3v) is 5.74. The van der Waals surface area contributed by atoms with Crippen LogP contribution in [0.2, 0.25) is 0 Å². The predicted molar refractivity (Wildman–Crippen MR) is 72.8 cm³/mol. The number of aryl methyl sites for hydroxylation is 1. The van der Waals surface area contributed by atoms with Gasteiger partial charge in [-0.25, -0.2) is 8.42 Å². The lowest BCUT2D eigenvalue weighted by Crippen LogP contribution is -2.42. The second kappa shape index (κ2) is 4.24. The molecule has 5 heteroatoms. The predicted octanol–water partition coefficient (Wildman–Crippen LogP) is 2.14. The first-order valence-corrected chi connectivity index (χ1v) is 7.58. The third-order valence-electron chi connectivity index (χ3n) is 3.56. The van der Waals surface area contributed by atoms with Gasteiger partial charge in [-0.2, -0.15) is 4.31 Å². The minimum Gasteiger partial charge on any atom is -0.398 e. The van der Waals surface area contributed by atoms with Crippen LogP contribution in [0.4, 0.5) is 5.69 Å². The van der Waals surface area contributed by atoms with Crippen molar-refractivity contribution in [2.45, 2.75) is 44.0 Å². The fourth-order valence-corrected chi connectivity index (χ4v) is 4.50. The topological polar surface area (TPSA) is 63.4 Å². The van der Waals surface area contributed by atoms with Crippen molar-refractivity contribution in [2.24, 2.45) is 0 Å². The molecule has 1 fully saturated rings. The van der Waals surface area contributed by atoms with E-state index >= 15 is 0 Å². The molecule has 18 heavy (non-hydrogen) atoms. The Balaban J connectivity index is 2.49. The van der Waals surface area contributed by atoms with E-state index in [4.69, 9.17) is 5.73 Å². The first-order chi connectivity index (χ1) is 8.25. The molecule has 1 aromatic rings. The van der Waals surface area contributed by atoms with Gasteiger partial charge in [-0.1, -0.05) is 6.07 Å². The first-order valence-electron chi connectivity index (χ1n) is 6.14. The summed E-state index contributed by atoms with van der Waals surface area (Å²) in [7, 11) is -3.49. The van der Waals surface area contributed by atoms with E-state index in [-0.39, 0.29) is 10.4 Å². The number of nitrogens with zero attached hydrogens (tertiary/aromatic N) is 1. The third kappa shape index (κ3) is 2.12. The molecule has 1 saturated heterocycles. The molecule has 2 N–H and O–H groups in total. The summed E-state index contributed by atoms with van der Waals surface area (Å²) < 4.78 is 26.8. The molecule has 1 aliphatic heterocycles. The van der Waals surface area contributed by atoms with Gasteiger partial charge in [-0.15, -0.1) is 0 Å². The van der Waals surface area contributed by atoms with Gasteiger partial charge in [0.05, 0.1) is 5.69 Å². The summed E-state index contributed by atoms with van der Waals surface area (Å²) in [5.74, 6) is 0. The highest BCUT2D eigenvalue weighted by Gasteiger charge is 2.41. The molecule has 2 rings (SSSR count). The second-order valence-corrected chi connectivity index (χ2v) is 7.37. The first kappa shape index (κ1) is 13.4. The molecule has 0 bridgehead atoms. The van der Waals surface area contributed by atoms with Gasteiger partial charge in [0, 0.05) is 12.1 Å². The van der Waals surface area contributed by atoms with Crippen LogP contribution in [0.25, 0.3) is 0 Å². The second-order valence-electron chi connectivity index (χ2n) is 5.53. The van der Waals surface area contributed by atoms with Gasteiger partial charge in [0.2, 0.25) is 10.0 Å².